The molecule has 142 valence electrons. The number of carbonyl (C=O) groups is 1. The number of piperidine rings is 1. The molecule has 26 heavy (non-hydrogen) atoms. The van der Waals surface area contributed by atoms with Crippen LogP contribution in [0.15, 0.2) is 12.4 Å². The third kappa shape index (κ3) is 3.20. The number of amides is 1. The Hall–Kier alpha value is -1.69. The average Bonchev–Trinajstić information content (AvgIpc) is 2.98. The molecule has 1 saturated carbocycles. The van der Waals surface area contributed by atoms with Crippen LogP contribution < -0.4 is 4.90 Å². The highest BCUT2D eigenvalue weighted by Gasteiger charge is 2.50. The Balaban J connectivity index is 1.46. The maximum atomic E-state index is 13.3. The number of carbonyl (C=O) groups excluding carboxylic acids is 1. The molecule has 3 heterocycles. The van der Waals surface area contributed by atoms with E-state index in [1.807, 2.05) is 12.4 Å². The second kappa shape index (κ2) is 7.14. The van der Waals surface area contributed by atoms with Crippen molar-refractivity contribution in [1.82, 2.24) is 14.9 Å². The number of hydrogen-bond donors (Lipinski definition) is 1. The summed E-state index contributed by atoms with van der Waals surface area (Å²) in [7, 11) is 0. The minimum atomic E-state index is -0.263. The van der Waals surface area contributed by atoms with Gasteiger partial charge in [0.15, 0.2) is 0 Å². The fourth-order valence-electron chi connectivity index (χ4n) is 4.94. The van der Waals surface area contributed by atoms with E-state index in [0.29, 0.717) is 11.9 Å². The first kappa shape index (κ1) is 17.7. The lowest BCUT2D eigenvalue weighted by atomic mass is 9.78. The van der Waals surface area contributed by atoms with E-state index >= 15 is 0 Å². The molecule has 6 nitrogen and oxygen atoms in total. The number of aliphatic hydroxyl groups is 1. The van der Waals surface area contributed by atoms with E-state index in [0.717, 1.165) is 82.5 Å². The van der Waals surface area contributed by atoms with Crippen molar-refractivity contribution in [2.24, 2.45) is 5.41 Å². The molecular weight excluding hydrogens is 328 g/mol. The Labute approximate surface area is 155 Å². The van der Waals surface area contributed by atoms with Gasteiger partial charge in [-0.25, -0.2) is 9.97 Å². The number of aryl methyl sites for hydroxylation is 1. The third-order valence-corrected chi connectivity index (χ3v) is 6.61. The van der Waals surface area contributed by atoms with Gasteiger partial charge >= 0.3 is 0 Å². The standard InChI is InChI=1S/C20H30N4O2/c1-2-15-12-21-19(22-13-15)23-10-3-8-20(14-23)9-11-24(18(20)26)16-4-6-17(25)7-5-16/h12-13,16-17,25H,2-11,14H2,1H3/t16-,17+,20-/m0/s1. The van der Waals surface area contributed by atoms with Crippen LogP contribution in [-0.2, 0) is 11.2 Å². The number of hydrogen-bond acceptors (Lipinski definition) is 5. The number of likely N-dealkylation sites (tertiary alicyclic amines) is 1. The molecule has 3 fully saturated rings. The van der Waals surface area contributed by atoms with Crippen LogP contribution in [0.4, 0.5) is 5.95 Å². The zero-order chi connectivity index (χ0) is 18.1. The smallest absolute Gasteiger partial charge is 0.230 e. The summed E-state index contributed by atoms with van der Waals surface area (Å²) in [5.41, 5.74) is 0.879. The van der Waals surface area contributed by atoms with Crippen LogP contribution in [0.3, 0.4) is 0 Å². The topological polar surface area (TPSA) is 69.6 Å². The molecule has 0 unspecified atom stereocenters. The molecule has 2 saturated heterocycles. The van der Waals surface area contributed by atoms with Gasteiger partial charge in [0.25, 0.3) is 0 Å². The van der Waals surface area contributed by atoms with Gasteiger partial charge in [0, 0.05) is 38.1 Å². The average molecular weight is 358 g/mol. The maximum Gasteiger partial charge on any atom is 0.230 e. The minimum Gasteiger partial charge on any atom is -0.393 e. The summed E-state index contributed by atoms with van der Waals surface area (Å²) >= 11 is 0. The van der Waals surface area contributed by atoms with E-state index in [1.165, 1.54) is 0 Å². The van der Waals surface area contributed by atoms with Gasteiger partial charge in [0.1, 0.15) is 0 Å². The Morgan fingerprint density at radius 3 is 2.58 bits per heavy atom. The Kier molecular flexibility index (Phi) is 4.86. The van der Waals surface area contributed by atoms with E-state index in [2.05, 4.69) is 26.7 Å². The maximum absolute atomic E-state index is 13.3. The van der Waals surface area contributed by atoms with Crippen molar-refractivity contribution in [1.29, 1.82) is 0 Å². The van der Waals surface area contributed by atoms with Gasteiger partial charge in [-0.15, -0.1) is 0 Å². The second-order valence-corrected chi connectivity index (χ2v) is 8.26. The molecule has 1 atom stereocenters. The lowest BCUT2D eigenvalue weighted by molar-refractivity contribution is -0.139. The number of nitrogens with zero attached hydrogens (tertiary/aromatic N) is 4. The summed E-state index contributed by atoms with van der Waals surface area (Å²) in [5, 5.41) is 9.75. The van der Waals surface area contributed by atoms with Crippen LogP contribution in [-0.4, -0.2) is 57.7 Å². The van der Waals surface area contributed by atoms with Crippen molar-refractivity contribution >= 4 is 11.9 Å². The number of aliphatic hydroxyl groups excluding tert-OH is 1. The normalized spacial score (nSPS) is 32.5. The van der Waals surface area contributed by atoms with E-state index in [-0.39, 0.29) is 11.5 Å². The molecule has 1 amide bonds. The molecule has 1 N–H and O–H groups in total. The highest BCUT2D eigenvalue weighted by Crippen LogP contribution is 2.43. The third-order valence-electron chi connectivity index (χ3n) is 6.61. The molecule has 3 aliphatic rings. The molecule has 4 rings (SSSR count). The first-order valence-electron chi connectivity index (χ1n) is 10.2. The van der Waals surface area contributed by atoms with Gasteiger partial charge in [-0.2, -0.15) is 0 Å². The molecule has 0 radical (unpaired) electrons. The zero-order valence-corrected chi connectivity index (χ0v) is 15.7. The van der Waals surface area contributed by atoms with Crippen molar-refractivity contribution in [3.63, 3.8) is 0 Å². The largest absolute Gasteiger partial charge is 0.393 e. The summed E-state index contributed by atoms with van der Waals surface area (Å²) in [5.74, 6) is 1.09. The zero-order valence-electron chi connectivity index (χ0n) is 15.7. The number of aromatic nitrogens is 2. The van der Waals surface area contributed by atoms with Crippen LogP contribution >= 0.6 is 0 Å². The van der Waals surface area contributed by atoms with Gasteiger partial charge in [0.05, 0.1) is 11.5 Å². The molecule has 1 spiro atoms. The predicted molar refractivity (Wildman–Crippen MR) is 99.9 cm³/mol. The molecule has 1 aromatic rings. The van der Waals surface area contributed by atoms with Crippen molar-refractivity contribution in [3.05, 3.63) is 18.0 Å². The summed E-state index contributed by atoms with van der Waals surface area (Å²) in [6.45, 7) is 4.63. The summed E-state index contributed by atoms with van der Waals surface area (Å²) in [6, 6.07) is 0.320. The molecule has 0 bridgehead atoms. The number of anilines is 1. The molecule has 0 aromatic carbocycles. The van der Waals surface area contributed by atoms with Gasteiger partial charge < -0.3 is 14.9 Å². The first-order chi connectivity index (χ1) is 12.6. The lowest BCUT2D eigenvalue weighted by Gasteiger charge is -2.40. The predicted octanol–water partition coefficient (Wildman–Crippen LogP) is 2.16. The molecular formula is C20H30N4O2. The highest BCUT2D eigenvalue weighted by molar-refractivity contribution is 5.86. The van der Waals surface area contributed by atoms with Crippen LogP contribution in [0.25, 0.3) is 0 Å². The van der Waals surface area contributed by atoms with Gasteiger partial charge in [0.2, 0.25) is 11.9 Å². The van der Waals surface area contributed by atoms with Gasteiger partial charge in [-0.1, -0.05) is 6.92 Å². The molecule has 6 heteroatoms. The lowest BCUT2D eigenvalue weighted by Crippen LogP contribution is -2.50. The Bertz CT molecular complexity index is 642. The monoisotopic (exact) mass is 358 g/mol. The van der Waals surface area contributed by atoms with Crippen molar-refractivity contribution in [2.45, 2.75) is 70.4 Å². The van der Waals surface area contributed by atoms with Crippen LogP contribution in [0.2, 0.25) is 0 Å². The van der Waals surface area contributed by atoms with Gasteiger partial charge in [-0.3, -0.25) is 4.79 Å². The van der Waals surface area contributed by atoms with Gasteiger partial charge in [-0.05, 0) is 56.9 Å². The fraction of sp³-hybridized carbons (Fsp3) is 0.750. The SMILES string of the molecule is CCc1cnc(N2CCC[C@]3(CCN([C@H]4CC[C@@H](O)CC4)C3=O)C2)nc1. The highest BCUT2D eigenvalue weighted by atomic mass is 16.3. The van der Waals surface area contributed by atoms with E-state index in [4.69, 9.17) is 0 Å². The molecule has 1 aliphatic carbocycles. The summed E-state index contributed by atoms with van der Waals surface area (Å²) in [6.07, 6.45) is 11.0. The van der Waals surface area contributed by atoms with E-state index in [9.17, 15) is 9.90 Å². The van der Waals surface area contributed by atoms with Crippen molar-refractivity contribution in [3.8, 4) is 0 Å². The summed E-state index contributed by atoms with van der Waals surface area (Å²) < 4.78 is 0. The second-order valence-electron chi connectivity index (χ2n) is 8.26. The molecule has 1 aromatic heterocycles. The first-order valence-corrected chi connectivity index (χ1v) is 10.2. The van der Waals surface area contributed by atoms with Crippen LogP contribution in [0.1, 0.15) is 57.4 Å². The van der Waals surface area contributed by atoms with Crippen LogP contribution in [0.5, 0.6) is 0 Å². The minimum absolute atomic E-state index is 0.175. The Morgan fingerprint density at radius 1 is 1.15 bits per heavy atom. The number of rotatable bonds is 3. The quantitative estimate of drug-likeness (QED) is 0.897. The van der Waals surface area contributed by atoms with Crippen molar-refractivity contribution < 1.29 is 9.90 Å². The summed E-state index contributed by atoms with van der Waals surface area (Å²) in [4.78, 5) is 26.7. The Morgan fingerprint density at radius 2 is 1.88 bits per heavy atom. The molecule has 2 aliphatic heterocycles. The van der Waals surface area contributed by atoms with Crippen LogP contribution in [0, 0.1) is 5.41 Å². The van der Waals surface area contributed by atoms with Crippen molar-refractivity contribution in [2.75, 3.05) is 24.5 Å². The fourth-order valence-corrected chi connectivity index (χ4v) is 4.94. The van der Waals surface area contributed by atoms with E-state index < -0.39 is 0 Å². The van der Waals surface area contributed by atoms with E-state index in [1.54, 1.807) is 0 Å².